The van der Waals surface area contributed by atoms with E-state index in [0.29, 0.717) is 5.16 Å². The SMILES string of the molecule is Cc1ccc2[nH]c([S+]([O-])C(C)c3ccccn3)nc2c1. The first kappa shape index (κ1) is 13.1. The molecule has 0 saturated heterocycles. The molecule has 102 valence electrons. The van der Waals surface area contributed by atoms with Gasteiger partial charge in [0.25, 0.3) is 0 Å². The Bertz CT molecular complexity index is 726. The first-order chi connectivity index (χ1) is 9.65. The number of fused-ring (bicyclic) bond motifs is 1. The predicted octanol–water partition coefficient (Wildman–Crippen LogP) is 3.14. The molecule has 0 radical (unpaired) electrons. The molecule has 0 bridgehead atoms. The van der Waals surface area contributed by atoms with Crippen molar-refractivity contribution < 1.29 is 4.55 Å². The van der Waals surface area contributed by atoms with Gasteiger partial charge < -0.3 is 4.55 Å². The topological polar surface area (TPSA) is 64.6 Å². The highest BCUT2D eigenvalue weighted by molar-refractivity contribution is 7.91. The van der Waals surface area contributed by atoms with Gasteiger partial charge in [0.15, 0.2) is 5.25 Å². The fourth-order valence-electron chi connectivity index (χ4n) is 2.08. The normalized spacial score (nSPS) is 14.3. The van der Waals surface area contributed by atoms with Crippen molar-refractivity contribution in [2.75, 3.05) is 0 Å². The highest BCUT2D eigenvalue weighted by Gasteiger charge is 2.26. The summed E-state index contributed by atoms with van der Waals surface area (Å²) in [5.41, 5.74) is 3.70. The van der Waals surface area contributed by atoms with Crippen molar-refractivity contribution in [3.05, 3.63) is 53.9 Å². The van der Waals surface area contributed by atoms with Crippen LogP contribution in [0.2, 0.25) is 0 Å². The van der Waals surface area contributed by atoms with E-state index in [-0.39, 0.29) is 5.25 Å². The minimum absolute atomic E-state index is 0.196. The number of H-pyrrole nitrogens is 1. The van der Waals surface area contributed by atoms with Crippen LogP contribution in [0, 0.1) is 6.92 Å². The fourth-order valence-corrected chi connectivity index (χ4v) is 3.17. The van der Waals surface area contributed by atoms with Crippen LogP contribution in [0.5, 0.6) is 0 Å². The molecule has 2 unspecified atom stereocenters. The number of aromatic nitrogens is 3. The molecule has 0 saturated carbocycles. The summed E-state index contributed by atoms with van der Waals surface area (Å²) in [4.78, 5) is 11.8. The summed E-state index contributed by atoms with van der Waals surface area (Å²) in [7, 11) is 0. The summed E-state index contributed by atoms with van der Waals surface area (Å²) < 4.78 is 12.6. The summed E-state index contributed by atoms with van der Waals surface area (Å²) in [6.45, 7) is 3.91. The van der Waals surface area contributed by atoms with Gasteiger partial charge in [0.1, 0.15) is 0 Å². The van der Waals surface area contributed by atoms with Crippen LogP contribution in [0.15, 0.2) is 47.8 Å². The van der Waals surface area contributed by atoms with Gasteiger partial charge in [-0.3, -0.25) is 9.97 Å². The average molecular weight is 285 g/mol. The summed E-state index contributed by atoms with van der Waals surface area (Å²) in [6, 6.07) is 11.6. The lowest BCUT2D eigenvalue weighted by Gasteiger charge is -2.14. The Morgan fingerprint density at radius 2 is 2.10 bits per heavy atom. The largest absolute Gasteiger partial charge is 0.608 e. The number of pyridine rings is 1. The first-order valence-electron chi connectivity index (χ1n) is 6.43. The summed E-state index contributed by atoms with van der Waals surface area (Å²) in [5.74, 6) is 0. The van der Waals surface area contributed by atoms with Crippen molar-refractivity contribution >= 4 is 22.2 Å². The Labute approximate surface area is 120 Å². The lowest BCUT2D eigenvalue weighted by Crippen LogP contribution is -2.13. The van der Waals surface area contributed by atoms with Gasteiger partial charge >= 0.3 is 5.16 Å². The smallest absolute Gasteiger partial charge is 0.322 e. The van der Waals surface area contributed by atoms with Gasteiger partial charge in [0.2, 0.25) is 0 Å². The number of imidazole rings is 1. The van der Waals surface area contributed by atoms with Crippen molar-refractivity contribution in [2.45, 2.75) is 24.3 Å². The zero-order chi connectivity index (χ0) is 14.1. The van der Waals surface area contributed by atoms with Gasteiger partial charge in [-0.15, -0.1) is 0 Å². The van der Waals surface area contributed by atoms with E-state index in [1.54, 1.807) is 6.20 Å². The molecule has 0 amide bonds. The van der Waals surface area contributed by atoms with Crippen molar-refractivity contribution in [1.82, 2.24) is 15.0 Å². The molecular formula is C15H15N3OS. The second-order valence-electron chi connectivity index (χ2n) is 4.76. The molecule has 0 aliphatic carbocycles. The minimum Gasteiger partial charge on any atom is -0.608 e. The van der Waals surface area contributed by atoms with Gasteiger partial charge in [0.05, 0.1) is 16.7 Å². The van der Waals surface area contributed by atoms with Gasteiger partial charge in [-0.25, -0.2) is 0 Å². The first-order valence-corrected chi connectivity index (χ1v) is 7.64. The van der Waals surface area contributed by atoms with E-state index in [4.69, 9.17) is 0 Å². The van der Waals surface area contributed by atoms with E-state index < -0.39 is 11.2 Å². The van der Waals surface area contributed by atoms with Crippen LogP contribution in [-0.4, -0.2) is 19.5 Å². The molecular weight excluding hydrogens is 270 g/mol. The van der Waals surface area contributed by atoms with Gasteiger partial charge in [-0.05, 0) is 43.7 Å². The van der Waals surface area contributed by atoms with E-state index in [2.05, 4.69) is 15.0 Å². The van der Waals surface area contributed by atoms with Crippen molar-refractivity contribution in [3.8, 4) is 0 Å². The monoisotopic (exact) mass is 285 g/mol. The quantitative estimate of drug-likeness (QED) is 0.752. The Balaban J connectivity index is 1.94. The Kier molecular flexibility index (Phi) is 3.46. The third kappa shape index (κ3) is 2.42. The number of nitrogens with zero attached hydrogens (tertiary/aromatic N) is 2. The van der Waals surface area contributed by atoms with Gasteiger partial charge in [-0.2, -0.15) is 4.98 Å². The van der Waals surface area contributed by atoms with E-state index in [9.17, 15) is 4.55 Å². The van der Waals surface area contributed by atoms with Crippen LogP contribution in [0.4, 0.5) is 0 Å². The molecule has 2 heterocycles. The van der Waals surface area contributed by atoms with Crippen LogP contribution in [0.1, 0.15) is 23.4 Å². The molecule has 4 nitrogen and oxygen atoms in total. The Morgan fingerprint density at radius 1 is 1.25 bits per heavy atom. The number of benzene rings is 1. The molecule has 2 atom stereocenters. The predicted molar refractivity (Wildman–Crippen MR) is 79.9 cm³/mol. The number of aromatic amines is 1. The van der Waals surface area contributed by atoms with E-state index in [1.807, 2.05) is 50.2 Å². The molecule has 1 aromatic carbocycles. The Hall–Kier alpha value is -1.85. The average Bonchev–Trinajstić information content (AvgIpc) is 2.89. The fraction of sp³-hybridized carbons (Fsp3) is 0.200. The molecule has 0 fully saturated rings. The second-order valence-corrected chi connectivity index (χ2v) is 6.45. The van der Waals surface area contributed by atoms with Crippen molar-refractivity contribution in [1.29, 1.82) is 0 Å². The Morgan fingerprint density at radius 3 is 2.85 bits per heavy atom. The number of hydrogen-bond donors (Lipinski definition) is 1. The maximum Gasteiger partial charge on any atom is 0.322 e. The molecule has 20 heavy (non-hydrogen) atoms. The van der Waals surface area contributed by atoms with Crippen LogP contribution in [-0.2, 0) is 11.2 Å². The second kappa shape index (κ2) is 5.26. The number of hydrogen-bond acceptors (Lipinski definition) is 3. The maximum absolute atomic E-state index is 12.6. The third-order valence-corrected chi connectivity index (χ3v) is 4.69. The van der Waals surface area contributed by atoms with Crippen LogP contribution >= 0.6 is 0 Å². The maximum atomic E-state index is 12.6. The van der Waals surface area contributed by atoms with Crippen molar-refractivity contribution in [2.24, 2.45) is 0 Å². The lowest BCUT2D eigenvalue weighted by molar-refractivity contribution is 0.577. The minimum atomic E-state index is -1.25. The summed E-state index contributed by atoms with van der Waals surface area (Å²) in [6.07, 6.45) is 1.71. The molecule has 1 N–H and O–H groups in total. The molecule has 3 rings (SSSR count). The third-order valence-electron chi connectivity index (χ3n) is 3.23. The molecule has 2 aromatic heterocycles. The highest BCUT2D eigenvalue weighted by atomic mass is 32.2. The zero-order valence-electron chi connectivity index (χ0n) is 11.3. The molecule has 0 aliphatic heterocycles. The van der Waals surface area contributed by atoms with Crippen LogP contribution in [0.25, 0.3) is 11.0 Å². The number of aryl methyl sites for hydroxylation is 1. The molecule has 0 aliphatic rings. The zero-order valence-corrected chi connectivity index (χ0v) is 12.1. The standard InChI is InChI=1S/C15H15N3OS/c1-10-6-7-13-14(9-10)18-15(17-13)20(19)11(2)12-5-3-4-8-16-12/h3-9,11H,1-2H3,(H,17,18). The number of rotatable bonds is 3. The lowest BCUT2D eigenvalue weighted by atomic mass is 10.2. The molecule has 5 heteroatoms. The highest BCUT2D eigenvalue weighted by Crippen LogP contribution is 2.26. The molecule has 0 spiro atoms. The van der Waals surface area contributed by atoms with Crippen LogP contribution < -0.4 is 0 Å². The van der Waals surface area contributed by atoms with E-state index in [1.165, 1.54) is 0 Å². The van der Waals surface area contributed by atoms with Gasteiger partial charge in [0, 0.05) is 17.4 Å². The van der Waals surface area contributed by atoms with Crippen molar-refractivity contribution in [3.63, 3.8) is 0 Å². The summed E-state index contributed by atoms with van der Waals surface area (Å²) in [5, 5.41) is 0.307. The summed E-state index contributed by atoms with van der Waals surface area (Å²) >= 11 is -1.25. The number of nitrogens with one attached hydrogen (secondary N) is 1. The van der Waals surface area contributed by atoms with Crippen LogP contribution in [0.3, 0.4) is 0 Å². The van der Waals surface area contributed by atoms with E-state index in [0.717, 1.165) is 22.3 Å². The molecule has 3 aromatic rings. The van der Waals surface area contributed by atoms with Gasteiger partial charge in [-0.1, -0.05) is 12.1 Å². The van der Waals surface area contributed by atoms with E-state index >= 15 is 0 Å².